The minimum Gasteiger partial charge on any atom is -0.482 e. The lowest BCUT2D eigenvalue weighted by atomic mass is 9.89. The quantitative estimate of drug-likeness (QED) is 0.464. The van der Waals surface area contributed by atoms with Crippen LogP contribution in [0.1, 0.15) is 26.2 Å². The number of thiophene rings is 1. The second-order valence-corrected chi connectivity index (χ2v) is 9.01. The number of piperidine rings is 1. The van der Waals surface area contributed by atoms with Gasteiger partial charge >= 0.3 is 0 Å². The number of carbonyl (C=O) groups is 1. The van der Waals surface area contributed by atoms with Crippen molar-refractivity contribution in [3.05, 3.63) is 52.3 Å². The summed E-state index contributed by atoms with van der Waals surface area (Å²) in [4.78, 5) is 37.4. The molecular weight excluding hydrogens is 424 g/mol. The maximum Gasteiger partial charge on any atom is 0.259 e. The normalized spacial score (nSPS) is 15.8. The topological polar surface area (TPSA) is 97.0 Å². The van der Waals surface area contributed by atoms with E-state index in [1.54, 1.807) is 35.7 Å². The molecule has 1 saturated heterocycles. The zero-order valence-corrected chi connectivity index (χ0v) is 18.6. The summed E-state index contributed by atoms with van der Waals surface area (Å²) >= 11 is 1.62. The summed E-state index contributed by atoms with van der Waals surface area (Å²) in [6.07, 6.45) is 3.53. The molecule has 3 aromatic heterocycles. The molecule has 4 aromatic rings. The van der Waals surface area contributed by atoms with Gasteiger partial charge in [0.05, 0.1) is 15.6 Å². The van der Waals surface area contributed by atoms with E-state index in [1.807, 2.05) is 24.4 Å². The number of rotatable bonds is 6. The summed E-state index contributed by atoms with van der Waals surface area (Å²) in [6, 6.07) is 9.17. The Hall–Kier alpha value is -3.10. The third kappa shape index (κ3) is 4.03. The number of aromatic amines is 1. The highest BCUT2D eigenvalue weighted by atomic mass is 32.1. The van der Waals surface area contributed by atoms with Crippen LogP contribution in [0.15, 0.2) is 46.7 Å². The molecule has 1 fully saturated rings. The number of hydrogen-bond acceptors (Lipinski definition) is 7. The molecule has 2 N–H and O–H groups in total. The molecule has 0 aliphatic carbocycles. The first-order valence-electron chi connectivity index (χ1n) is 10.9. The van der Waals surface area contributed by atoms with E-state index < -0.39 is 6.10 Å². The van der Waals surface area contributed by atoms with Gasteiger partial charge in [0, 0.05) is 18.5 Å². The fourth-order valence-corrected chi connectivity index (χ4v) is 4.97. The van der Waals surface area contributed by atoms with E-state index in [-0.39, 0.29) is 17.3 Å². The third-order valence-corrected chi connectivity index (χ3v) is 6.87. The predicted octanol–water partition coefficient (Wildman–Crippen LogP) is 3.93. The molecular formula is C24H24N4O3S. The first-order valence-corrected chi connectivity index (χ1v) is 11.8. The van der Waals surface area contributed by atoms with Crippen molar-refractivity contribution in [2.45, 2.75) is 32.3 Å². The van der Waals surface area contributed by atoms with Crippen molar-refractivity contribution in [1.29, 1.82) is 0 Å². The van der Waals surface area contributed by atoms with E-state index in [0.29, 0.717) is 34.6 Å². The standard InChI is InChI=1S/C24H24N4O3S/c1-2-20(29)22(14-5-8-25-9-6-14)31-16-3-4-18-17(12-16)24(30)28-23(27-18)19-11-15-7-10-32-21(15)13-26-19/h3-4,7,10-14,22,25H,2,5-6,8-9H2,1H3,(H,27,28,30). The Kier molecular flexibility index (Phi) is 5.71. The van der Waals surface area contributed by atoms with Crippen LogP contribution in [-0.2, 0) is 4.79 Å². The summed E-state index contributed by atoms with van der Waals surface area (Å²) in [6.45, 7) is 3.63. The number of hydrogen-bond donors (Lipinski definition) is 2. The first-order chi connectivity index (χ1) is 15.6. The van der Waals surface area contributed by atoms with Gasteiger partial charge in [0.1, 0.15) is 11.4 Å². The molecule has 1 atom stereocenters. The second-order valence-electron chi connectivity index (χ2n) is 8.07. The smallest absolute Gasteiger partial charge is 0.259 e. The Bertz CT molecular complexity index is 1340. The maximum absolute atomic E-state index is 12.9. The van der Waals surface area contributed by atoms with Gasteiger partial charge in [-0.25, -0.2) is 4.98 Å². The van der Waals surface area contributed by atoms with Crippen molar-refractivity contribution in [3.8, 4) is 17.3 Å². The predicted molar refractivity (Wildman–Crippen MR) is 126 cm³/mol. The van der Waals surface area contributed by atoms with E-state index in [0.717, 1.165) is 36.0 Å². The summed E-state index contributed by atoms with van der Waals surface area (Å²) in [7, 11) is 0. The summed E-state index contributed by atoms with van der Waals surface area (Å²) in [5.74, 6) is 1.21. The van der Waals surface area contributed by atoms with Gasteiger partial charge in [-0.3, -0.25) is 14.6 Å². The highest BCUT2D eigenvalue weighted by molar-refractivity contribution is 7.17. The average molecular weight is 449 g/mol. The van der Waals surface area contributed by atoms with E-state index in [9.17, 15) is 9.59 Å². The van der Waals surface area contributed by atoms with Crippen molar-refractivity contribution < 1.29 is 9.53 Å². The Morgan fingerprint density at radius 1 is 1.25 bits per heavy atom. The molecule has 0 bridgehead atoms. The number of nitrogens with one attached hydrogen (secondary N) is 2. The lowest BCUT2D eigenvalue weighted by Crippen LogP contribution is -2.41. The average Bonchev–Trinajstić information content (AvgIpc) is 3.31. The number of H-pyrrole nitrogens is 1. The number of ether oxygens (including phenoxy) is 1. The number of carbonyl (C=O) groups excluding carboxylic acids is 1. The number of ketones is 1. The Balaban J connectivity index is 1.47. The molecule has 1 aliphatic rings. The van der Waals surface area contributed by atoms with Crippen LogP contribution >= 0.6 is 11.3 Å². The van der Waals surface area contributed by atoms with Crippen LogP contribution in [0.2, 0.25) is 0 Å². The van der Waals surface area contributed by atoms with Crippen molar-refractivity contribution in [2.75, 3.05) is 13.1 Å². The van der Waals surface area contributed by atoms with Crippen molar-refractivity contribution in [1.82, 2.24) is 20.3 Å². The van der Waals surface area contributed by atoms with E-state index >= 15 is 0 Å². The van der Waals surface area contributed by atoms with Gasteiger partial charge in [-0.05, 0) is 67.0 Å². The Morgan fingerprint density at radius 3 is 2.91 bits per heavy atom. The SMILES string of the molecule is CCC(=O)C(Oc1ccc2nc(-c3cc4ccsc4cn3)[nH]c(=O)c2c1)C1CCNCC1. The first kappa shape index (κ1) is 20.8. The molecule has 0 amide bonds. The number of pyridine rings is 1. The number of aromatic nitrogens is 3. The molecule has 0 saturated carbocycles. The molecule has 1 aliphatic heterocycles. The summed E-state index contributed by atoms with van der Waals surface area (Å²) in [5, 5.41) is 6.82. The van der Waals surface area contributed by atoms with Crippen molar-refractivity contribution in [2.24, 2.45) is 5.92 Å². The van der Waals surface area contributed by atoms with Gasteiger partial charge in [-0.1, -0.05) is 6.92 Å². The minimum absolute atomic E-state index is 0.0919. The third-order valence-electron chi connectivity index (χ3n) is 6.00. The van der Waals surface area contributed by atoms with Gasteiger partial charge < -0.3 is 15.0 Å². The summed E-state index contributed by atoms with van der Waals surface area (Å²) < 4.78 is 7.24. The van der Waals surface area contributed by atoms with E-state index in [1.165, 1.54) is 0 Å². The largest absolute Gasteiger partial charge is 0.482 e. The molecule has 4 heterocycles. The van der Waals surface area contributed by atoms with E-state index in [4.69, 9.17) is 4.74 Å². The van der Waals surface area contributed by atoms with Crippen LogP contribution in [-0.4, -0.2) is 39.9 Å². The van der Waals surface area contributed by atoms with Gasteiger partial charge in [0.25, 0.3) is 5.56 Å². The molecule has 164 valence electrons. The van der Waals surface area contributed by atoms with Crippen LogP contribution < -0.4 is 15.6 Å². The molecule has 32 heavy (non-hydrogen) atoms. The summed E-state index contributed by atoms with van der Waals surface area (Å²) in [5.41, 5.74) is 0.918. The maximum atomic E-state index is 12.9. The van der Waals surface area contributed by atoms with Gasteiger partial charge in [0.15, 0.2) is 17.7 Å². The molecule has 0 radical (unpaired) electrons. The lowest BCUT2D eigenvalue weighted by Gasteiger charge is -2.30. The number of benzene rings is 1. The van der Waals surface area contributed by atoms with Crippen LogP contribution in [0.4, 0.5) is 0 Å². The molecule has 1 unspecified atom stereocenters. The molecule has 0 spiro atoms. The number of nitrogens with zero attached hydrogens (tertiary/aromatic N) is 2. The van der Waals surface area contributed by atoms with Crippen LogP contribution in [0.5, 0.6) is 5.75 Å². The second kappa shape index (κ2) is 8.80. The van der Waals surface area contributed by atoms with Crippen LogP contribution in [0, 0.1) is 5.92 Å². The molecule has 5 rings (SSSR count). The van der Waals surface area contributed by atoms with Crippen molar-refractivity contribution in [3.63, 3.8) is 0 Å². The van der Waals surface area contributed by atoms with Gasteiger partial charge in [-0.2, -0.15) is 0 Å². The fourth-order valence-electron chi connectivity index (χ4n) is 4.23. The van der Waals surface area contributed by atoms with Gasteiger partial charge in [-0.15, -0.1) is 11.3 Å². The molecule has 8 heteroatoms. The zero-order valence-electron chi connectivity index (χ0n) is 17.8. The number of Topliss-reactive ketones (excluding diaryl/α,β-unsaturated/α-hetero) is 1. The Labute approximate surface area is 188 Å². The zero-order chi connectivity index (χ0) is 22.1. The van der Waals surface area contributed by atoms with Crippen LogP contribution in [0.25, 0.3) is 32.5 Å². The van der Waals surface area contributed by atoms with Crippen LogP contribution in [0.3, 0.4) is 0 Å². The fraction of sp³-hybridized carbons (Fsp3) is 0.333. The highest BCUT2D eigenvalue weighted by Crippen LogP contribution is 2.27. The Morgan fingerprint density at radius 2 is 2.09 bits per heavy atom. The minimum atomic E-state index is -0.493. The molecule has 7 nitrogen and oxygen atoms in total. The monoisotopic (exact) mass is 448 g/mol. The van der Waals surface area contributed by atoms with E-state index in [2.05, 4.69) is 20.3 Å². The van der Waals surface area contributed by atoms with Gasteiger partial charge in [0.2, 0.25) is 0 Å². The highest BCUT2D eigenvalue weighted by Gasteiger charge is 2.30. The molecule has 1 aromatic carbocycles. The lowest BCUT2D eigenvalue weighted by molar-refractivity contribution is -0.128. The van der Waals surface area contributed by atoms with Crippen molar-refractivity contribution >= 4 is 38.1 Å². The number of fused-ring (bicyclic) bond motifs is 2.